The van der Waals surface area contributed by atoms with Crippen molar-refractivity contribution in [2.24, 2.45) is 0 Å². The number of ether oxygens (including phenoxy) is 1. The van der Waals surface area contributed by atoms with E-state index in [1.165, 1.54) is 7.11 Å². The van der Waals surface area contributed by atoms with Gasteiger partial charge in [0, 0.05) is 5.39 Å². The summed E-state index contributed by atoms with van der Waals surface area (Å²) >= 11 is 0. The predicted octanol–water partition coefficient (Wildman–Crippen LogP) is 2.70. The Morgan fingerprint density at radius 1 is 1.44 bits per heavy atom. The van der Waals surface area contributed by atoms with Crippen LogP contribution < -0.4 is 4.52 Å². The lowest BCUT2D eigenvalue weighted by Gasteiger charge is -2.03. The van der Waals surface area contributed by atoms with Gasteiger partial charge in [-0.15, -0.1) is 0 Å². The van der Waals surface area contributed by atoms with E-state index in [9.17, 15) is 4.79 Å². The number of hydrogen-bond donors (Lipinski definition) is 0. The molecule has 1 aromatic heterocycles. The van der Waals surface area contributed by atoms with Crippen LogP contribution in [0, 0.1) is 6.92 Å². The molecule has 2 rings (SSSR count). The summed E-state index contributed by atoms with van der Waals surface area (Å²) in [4.78, 5) is 11.5. The lowest BCUT2D eigenvalue weighted by Crippen LogP contribution is -2.01. The van der Waals surface area contributed by atoms with Gasteiger partial charge in [-0.25, -0.2) is 4.79 Å². The summed E-state index contributed by atoms with van der Waals surface area (Å²) in [5.41, 5.74) is 1.02. The number of furan rings is 1. The number of hydrogen-bond acceptors (Lipinski definition) is 4. The third kappa shape index (κ3) is 1.65. The summed E-state index contributed by atoms with van der Waals surface area (Å²) in [6.07, 6.45) is 0. The molecule has 5 heteroatoms. The SMILES string of the molecule is COC(=O)c1ccc(OP)c2oc(C)cc12. The van der Waals surface area contributed by atoms with Crippen LogP contribution in [0.2, 0.25) is 0 Å². The molecule has 1 heterocycles. The Kier molecular flexibility index (Phi) is 2.84. The summed E-state index contributed by atoms with van der Waals surface area (Å²) in [6.45, 7) is 1.81. The molecule has 0 saturated heterocycles. The third-order valence-corrected chi connectivity index (χ3v) is 2.56. The second-order valence-corrected chi connectivity index (χ2v) is 3.56. The molecule has 0 radical (unpaired) electrons. The van der Waals surface area contributed by atoms with Crippen molar-refractivity contribution >= 4 is 26.4 Å². The van der Waals surface area contributed by atoms with Crippen molar-refractivity contribution in [2.45, 2.75) is 6.92 Å². The fourth-order valence-electron chi connectivity index (χ4n) is 1.60. The normalized spacial score (nSPS) is 10.4. The second kappa shape index (κ2) is 4.14. The summed E-state index contributed by atoms with van der Waals surface area (Å²) in [7, 11) is 3.50. The van der Waals surface area contributed by atoms with Gasteiger partial charge in [0.15, 0.2) is 11.3 Å². The zero-order valence-corrected chi connectivity index (χ0v) is 10.1. The quantitative estimate of drug-likeness (QED) is 0.596. The van der Waals surface area contributed by atoms with Crippen LogP contribution in [0.5, 0.6) is 5.75 Å². The van der Waals surface area contributed by atoms with E-state index >= 15 is 0 Å². The smallest absolute Gasteiger partial charge is 0.338 e. The lowest BCUT2D eigenvalue weighted by atomic mass is 10.1. The van der Waals surface area contributed by atoms with Gasteiger partial charge in [-0.3, -0.25) is 0 Å². The van der Waals surface area contributed by atoms with E-state index in [0.29, 0.717) is 22.3 Å². The van der Waals surface area contributed by atoms with E-state index in [0.717, 1.165) is 5.76 Å². The van der Waals surface area contributed by atoms with Gasteiger partial charge in [-0.05, 0) is 25.1 Å². The summed E-state index contributed by atoms with van der Waals surface area (Å²) in [5.74, 6) is 0.900. The van der Waals surface area contributed by atoms with E-state index < -0.39 is 0 Å². The van der Waals surface area contributed by atoms with Crippen molar-refractivity contribution in [3.8, 4) is 5.75 Å². The number of fused-ring (bicyclic) bond motifs is 1. The highest BCUT2D eigenvalue weighted by Gasteiger charge is 2.16. The minimum Gasteiger partial charge on any atom is -0.476 e. The first kappa shape index (κ1) is 11.0. The summed E-state index contributed by atoms with van der Waals surface area (Å²) in [5, 5.41) is 0.698. The fourth-order valence-corrected chi connectivity index (χ4v) is 1.79. The number of rotatable bonds is 2. The molecule has 2 aromatic rings. The number of carbonyl (C=O) groups excluding carboxylic acids is 1. The van der Waals surface area contributed by atoms with Crippen LogP contribution in [0.15, 0.2) is 22.6 Å². The van der Waals surface area contributed by atoms with Crippen LogP contribution in [0.4, 0.5) is 0 Å². The number of carbonyl (C=O) groups is 1. The number of methoxy groups -OCH3 is 1. The van der Waals surface area contributed by atoms with E-state index in [-0.39, 0.29) is 5.97 Å². The first-order chi connectivity index (χ1) is 7.67. The molecule has 0 aliphatic carbocycles. The third-order valence-electron chi connectivity index (χ3n) is 2.30. The Hall–Kier alpha value is -1.54. The van der Waals surface area contributed by atoms with E-state index in [2.05, 4.69) is 9.47 Å². The van der Waals surface area contributed by atoms with Crippen LogP contribution >= 0.6 is 9.47 Å². The second-order valence-electron chi connectivity index (χ2n) is 3.32. The van der Waals surface area contributed by atoms with Crippen LogP contribution in [-0.4, -0.2) is 13.1 Å². The Bertz CT molecular complexity index is 544. The Morgan fingerprint density at radius 2 is 2.19 bits per heavy atom. The molecule has 4 nitrogen and oxygen atoms in total. The molecule has 0 spiro atoms. The van der Waals surface area contributed by atoms with Crippen molar-refractivity contribution in [1.82, 2.24) is 0 Å². The molecule has 0 aliphatic heterocycles. The molecule has 0 saturated carbocycles. The average molecular weight is 238 g/mol. The molecular formula is C11H11O4P. The van der Waals surface area contributed by atoms with Crippen molar-refractivity contribution in [3.63, 3.8) is 0 Å². The fraction of sp³-hybridized carbons (Fsp3) is 0.182. The number of esters is 1. The van der Waals surface area contributed by atoms with Crippen molar-refractivity contribution in [1.29, 1.82) is 0 Å². The first-order valence-electron chi connectivity index (χ1n) is 4.65. The summed E-state index contributed by atoms with van der Waals surface area (Å²) in [6, 6.07) is 5.11. The van der Waals surface area contributed by atoms with Crippen molar-refractivity contribution in [2.75, 3.05) is 7.11 Å². The van der Waals surface area contributed by atoms with Crippen LogP contribution in [0.25, 0.3) is 11.0 Å². The lowest BCUT2D eigenvalue weighted by molar-refractivity contribution is 0.0603. The zero-order valence-electron chi connectivity index (χ0n) is 8.94. The molecular weight excluding hydrogens is 227 g/mol. The maximum atomic E-state index is 11.5. The monoisotopic (exact) mass is 238 g/mol. The Labute approximate surface area is 94.8 Å². The molecule has 0 fully saturated rings. The molecule has 84 valence electrons. The van der Waals surface area contributed by atoms with E-state index in [1.807, 2.05) is 6.92 Å². The highest BCUT2D eigenvalue weighted by atomic mass is 31.0. The maximum Gasteiger partial charge on any atom is 0.338 e. The van der Waals surface area contributed by atoms with Gasteiger partial charge in [0.05, 0.1) is 22.1 Å². The van der Waals surface area contributed by atoms with Crippen molar-refractivity contribution < 1.29 is 18.5 Å². The summed E-state index contributed by atoms with van der Waals surface area (Å²) < 4.78 is 15.3. The van der Waals surface area contributed by atoms with Gasteiger partial charge in [0.1, 0.15) is 5.76 Å². The molecule has 1 unspecified atom stereocenters. The Morgan fingerprint density at radius 3 is 2.81 bits per heavy atom. The van der Waals surface area contributed by atoms with Crippen molar-refractivity contribution in [3.05, 3.63) is 29.5 Å². The predicted molar refractivity (Wildman–Crippen MR) is 62.6 cm³/mol. The van der Waals surface area contributed by atoms with Gasteiger partial charge in [-0.1, -0.05) is 0 Å². The maximum absolute atomic E-state index is 11.5. The van der Waals surface area contributed by atoms with E-state index in [1.54, 1.807) is 18.2 Å². The number of benzene rings is 1. The number of aryl methyl sites for hydroxylation is 1. The van der Waals surface area contributed by atoms with Gasteiger partial charge < -0.3 is 13.7 Å². The minimum atomic E-state index is -0.388. The van der Waals surface area contributed by atoms with Gasteiger partial charge in [0.25, 0.3) is 0 Å². The standard InChI is InChI=1S/C11H11O4P/c1-6-5-8-7(11(12)13-2)3-4-9(15-16)10(8)14-6/h3-5H,16H2,1-2H3. The molecule has 0 bridgehead atoms. The molecule has 0 amide bonds. The minimum absolute atomic E-state index is 0.388. The largest absolute Gasteiger partial charge is 0.476 e. The average Bonchev–Trinajstić information content (AvgIpc) is 2.67. The van der Waals surface area contributed by atoms with Gasteiger partial charge >= 0.3 is 5.97 Å². The van der Waals surface area contributed by atoms with Gasteiger partial charge in [0.2, 0.25) is 0 Å². The molecule has 1 aromatic carbocycles. The molecule has 16 heavy (non-hydrogen) atoms. The highest BCUT2D eigenvalue weighted by molar-refractivity contribution is 7.10. The molecule has 0 aliphatic rings. The molecule has 1 atom stereocenters. The zero-order chi connectivity index (χ0) is 11.7. The Balaban J connectivity index is 2.73. The highest BCUT2D eigenvalue weighted by Crippen LogP contribution is 2.32. The first-order valence-corrected chi connectivity index (χ1v) is 5.12. The van der Waals surface area contributed by atoms with Gasteiger partial charge in [-0.2, -0.15) is 0 Å². The molecule has 0 N–H and O–H groups in total. The van der Waals surface area contributed by atoms with Crippen LogP contribution in [-0.2, 0) is 4.74 Å². The van der Waals surface area contributed by atoms with Crippen LogP contribution in [0.3, 0.4) is 0 Å². The van der Waals surface area contributed by atoms with E-state index in [4.69, 9.17) is 13.7 Å². The van der Waals surface area contributed by atoms with Crippen LogP contribution in [0.1, 0.15) is 16.1 Å². The topological polar surface area (TPSA) is 48.7 Å².